The number of nitrogens with one attached hydrogen (secondary N) is 3. The Balaban J connectivity index is 1.90. The van der Waals surface area contributed by atoms with E-state index >= 15 is 0 Å². The molecule has 0 aromatic heterocycles. The number of carbonyl (C=O) groups excluding carboxylic acids is 4. The Labute approximate surface area is 216 Å². The zero-order valence-electron chi connectivity index (χ0n) is 21.3. The number of piperidine rings is 3. The molecule has 4 aliphatic rings. The molecule has 3 aliphatic heterocycles. The van der Waals surface area contributed by atoms with E-state index in [0.717, 1.165) is 4.90 Å². The molecule has 38 heavy (non-hydrogen) atoms. The van der Waals surface area contributed by atoms with Gasteiger partial charge in [0.25, 0.3) is 5.92 Å². The second-order valence-corrected chi connectivity index (χ2v) is 11.3. The summed E-state index contributed by atoms with van der Waals surface area (Å²) in [4.78, 5) is 51.7. The number of nitriles is 1. The lowest BCUT2D eigenvalue weighted by Crippen LogP contribution is -2.71. The fraction of sp³-hybridized carbons (Fsp3) is 0.792. The monoisotopic (exact) mass is 549 g/mol. The number of amides is 4. The van der Waals surface area contributed by atoms with Crippen LogP contribution in [0.2, 0.25) is 0 Å². The van der Waals surface area contributed by atoms with Crippen LogP contribution in [0.1, 0.15) is 59.3 Å². The van der Waals surface area contributed by atoms with Crippen LogP contribution in [0.25, 0.3) is 0 Å². The molecule has 2 bridgehead atoms. The lowest BCUT2D eigenvalue weighted by atomic mass is 9.70. The molecule has 0 unspecified atom stereocenters. The first kappa shape index (κ1) is 29.6. The summed E-state index contributed by atoms with van der Waals surface area (Å²) >= 11 is 0. The first-order chi connectivity index (χ1) is 17.5. The van der Waals surface area contributed by atoms with E-state index < -0.39 is 77.7 Å². The summed E-state index contributed by atoms with van der Waals surface area (Å²) in [5.74, 6) is -10.3. The van der Waals surface area contributed by atoms with Crippen molar-refractivity contribution in [3.05, 3.63) is 0 Å². The van der Waals surface area contributed by atoms with Crippen LogP contribution < -0.4 is 16.0 Å². The second-order valence-electron chi connectivity index (χ2n) is 11.3. The number of carbonyl (C=O) groups is 4. The number of hydrogen-bond donors (Lipinski definition) is 3. The molecule has 0 aromatic rings. The van der Waals surface area contributed by atoms with E-state index in [-0.39, 0.29) is 25.2 Å². The van der Waals surface area contributed by atoms with Crippen LogP contribution in [0, 0.1) is 28.6 Å². The lowest BCUT2D eigenvalue weighted by Gasteiger charge is -2.55. The van der Waals surface area contributed by atoms with Gasteiger partial charge >= 0.3 is 12.1 Å². The van der Waals surface area contributed by atoms with Crippen LogP contribution in [-0.4, -0.2) is 71.3 Å². The number of hydrogen-bond acceptors (Lipinski definition) is 5. The third-order valence-electron chi connectivity index (χ3n) is 7.50. The van der Waals surface area contributed by atoms with Gasteiger partial charge in [-0.2, -0.15) is 18.4 Å². The van der Waals surface area contributed by atoms with Crippen molar-refractivity contribution < 1.29 is 41.1 Å². The zero-order chi connectivity index (χ0) is 28.6. The van der Waals surface area contributed by atoms with Crippen molar-refractivity contribution in [3.63, 3.8) is 0 Å². The number of nitrogens with zero attached hydrogens (tertiary/aromatic N) is 2. The molecule has 1 saturated carbocycles. The van der Waals surface area contributed by atoms with E-state index in [0.29, 0.717) is 19.4 Å². The van der Waals surface area contributed by atoms with Crippen molar-refractivity contribution in [2.24, 2.45) is 17.3 Å². The van der Waals surface area contributed by atoms with Crippen LogP contribution >= 0.6 is 0 Å². The Hall–Kier alpha value is -2.98. The maximum atomic E-state index is 14.9. The van der Waals surface area contributed by atoms with Crippen LogP contribution in [0.3, 0.4) is 0 Å². The fourth-order valence-electron chi connectivity index (χ4n) is 5.58. The molecule has 3 heterocycles. The van der Waals surface area contributed by atoms with Crippen molar-refractivity contribution in [3.8, 4) is 6.07 Å². The zero-order valence-corrected chi connectivity index (χ0v) is 21.3. The maximum Gasteiger partial charge on any atom is 0.471 e. The third-order valence-corrected chi connectivity index (χ3v) is 7.50. The Kier molecular flexibility index (Phi) is 8.29. The summed E-state index contributed by atoms with van der Waals surface area (Å²) in [6, 6.07) is -4.06. The minimum Gasteiger partial charge on any atom is -0.356 e. The van der Waals surface area contributed by atoms with Crippen molar-refractivity contribution in [2.75, 3.05) is 6.54 Å². The second kappa shape index (κ2) is 10.6. The largest absolute Gasteiger partial charge is 0.471 e. The van der Waals surface area contributed by atoms with E-state index in [4.69, 9.17) is 0 Å². The number of alkyl halides is 5. The van der Waals surface area contributed by atoms with Crippen molar-refractivity contribution >= 4 is 23.6 Å². The van der Waals surface area contributed by atoms with Gasteiger partial charge in [-0.3, -0.25) is 19.2 Å². The first-order valence-electron chi connectivity index (χ1n) is 12.5. The van der Waals surface area contributed by atoms with Crippen molar-refractivity contribution in [1.29, 1.82) is 5.26 Å². The average Bonchev–Trinajstić information content (AvgIpc) is 2.80. The molecule has 14 heteroatoms. The molecule has 3 N–H and O–H groups in total. The van der Waals surface area contributed by atoms with Crippen LogP contribution in [0.5, 0.6) is 0 Å². The quantitative estimate of drug-likeness (QED) is 0.437. The summed E-state index contributed by atoms with van der Waals surface area (Å²) in [5.41, 5.74) is -1.26. The summed E-state index contributed by atoms with van der Waals surface area (Å²) in [5, 5.41) is 16.3. The lowest BCUT2D eigenvalue weighted by molar-refractivity contribution is -0.197. The number of fused-ring (bicyclic) bond motifs is 3. The Morgan fingerprint density at radius 1 is 1.16 bits per heavy atom. The Bertz CT molecular complexity index is 1010. The fourth-order valence-corrected chi connectivity index (χ4v) is 5.58. The Morgan fingerprint density at radius 2 is 1.82 bits per heavy atom. The van der Waals surface area contributed by atoms with Gasteiger partial charge in [0.2, 0.25) is 17.7 Å². The molecule has 0 radical (unpaired) electrons. The van der Waals surface area contributed by atoms with Crippen LogP contribution in [0.15, 0.2) is 0 Å². The molecule has 9 nitrogen and oxygen atoms in total. The molecular weight excluding hydrogens is 517 g/mol. The molecule has 212 valence electrons. The minimum atomic E-state index is -5.29. The van der Waals surface area contributed by atoms with Gasteiger partial charge in [0, 0.05) is 24.9 Å². The molecule has 0 aromatic carbocycles. The molecule has 1 aliphatic carbocycles. The van der Waals surface area contributed by atoms with E-state index in [1.165, 1.54) is 20.8 Å². The minimum absolute atomic E-state index is 0.0640. The molecule has 6 atom stereocenters. The molecule has 4 rings (SSSR count). The summed E-state index contributed by atoms with van der Waals surface area (Å²) < 4.78 is 68.9. The van der Waals surface area contributed by atoms with Gasteiger partial charge in [0.15, 0.2) is 0 Å². The number of rotatable bonds is 6. The summed E-state index contributed by atoms with van der Waals surface area (Å²) in [6.45, 7) is 4.69. The number of halogens is 5. The Morgan fingerprint density at radius 3 is 2.34 bits per heavy atom. The van der Waals surface area contributed by atoms with Gasteiger partial charge in [-0.1, -0.05) is 20.8 Å². The average molecular weight is 550 g/mol. The van der Waals surface area contributed by atoms with E-state index in [1.54, 1.807) is 5.32 Å². The van der Waals surface area contributed by atoms with E-state index in [9.17, 15) is 46.4 Å². The van der Waals surface area contributed by atoms with E-state index in [2.05, 4.69) is 10.6 Å². The highest BCUT2D eigenvalue weighted by Gasteiger charge is 2.61. The van der Waals surface area contributed by atoms with Gasteiger partial charge in [-0.05, 0) is 37.5 Å². The standard InChI is InChI=1S/C24H32F5N5O4/c1-22(2,3)17(33-21(38)24(27,28)29)20(37)34-14-6-7-15(23(25,26)10-14)16(34)19(36)32-13(11-30)9-12-5-4-8-31-18(12)35/h12-17H,4-10H2,1-3H3,(H,31,35)(H,32,36)(H,33,38)/t12-,13-,14+,15+,16-,17-/m1/s1. The normalized spacial score (nSPS) is 28.5. The molecule has 0 spiro atoms. The highest BCUT2D eigenvalue weighted by molar-refractivity contribution is 5.94. The molecule has 3 saturated heterocycles. The van der Waals surface area contributed by atoms with Gasteiger partial charge in [-0.25, -0.2) is 8.78 Å². The van der Waals surface area contributed by atoms with Crippen molar-refractivity contribution in [1.82, 2.24) is 20.9 Å². The SMILES string of the molecule is CC(C)(C)[C@H](NC(=O)C(F)(F)F)C(=O)N1[C@H]2CC[C@@H]([C@@H]1C(=O)N[C@@H](C#N)C[C@H]1CCCNC1=O)C(F)(F)C2. The van der Waals surface area contributed by atoms with Crippen LogP contribution in [-0.2, 0) is 19.2 Å². The third kappa shape index (κ3) is 6.18. The predicted molar refractivity (Wildman–Crippen MR) is 122 cm³/mol. The smallest absolute Gasteiger partial charge is 0.356 e. The molecular formula is C24H32F5N5O4. The van der Waals surface area contributed by atoms with Gasteiger partial charge in [0.05, 0.1) is 12.0 Å². The topological polar surface area (TPSA) is 131 Å². The molecule has 4 fully saturated rings. The van der Waals surface area contributed by atoms with Crippen LogP contribution in [0.4, 0.5) is 22.0 Å². The first-order valence-corrected chi connectivity index (χ1v) is 12.5. The molecule has 4 amide bonds. The van der Waals surface area contributed by atoms with E-state index in [1.807, 2.05) is 6.07 Å². The highest BCUT2D eigenvalue weighted by Crippen LogP contribution is 2.49. The predicted octanol–water partition coefficient (Wildman–Crippen LogP) is 2.02. The van der Waals surface area contributed by atoms with Gasteiger partial charge in [-0.15, -0.1) is 0 Å². The summed E-state index contributed by atoms with van der Waals surface area (Å²) in [7, 11) is 0. The summed E-state index contributed by atoms with van der Waals surface area (Å²) in [6.07, 6.45) is -5.00. The van der Waals surface area contributed by atoms with Gasteiger partial charge in [0.1, 0.15) is 18.1 Å². The maximum absolute atomic E-state index is 14.9. The van der Waals surface area contributed by atoms with Gasteiger partial charge < -0.3 is 20.9 Å². The highest BCUT2D eigenvalue weighted by atomic mass is 19.4. The van der Waals surface area contributed by atoms with Crippen molar-refractivity contribution in [2.45, 2.75) is 95.6 Å².